The summed E-state index contributed by atoms with van der Waals surface area (Å²) in [5.74, 6) is 2.91. The fourth-order valence-electron chi connectivity index (χ4n) is 1.02. The first-order valence-electron chi connectivity index (χ1n) is 4.41. The van der Waals surface area contributed by atoms with Crippen LogP contribution in [0.15, 0.2) is 6.33 Å². The molecule has 0 aromatic carbocycles. The minimum absolute atomic E-state index is 0.120. The van der Waals surface area contributed by atoms with Gasteiger partial charge in [0.05, 0.1) is 11.6 Å². The molecule has 1 aromatic rings. The van der Waals surface area contributed by atoms with Crippen molar-refractivity contribution in [2.45, 2.75) is 19.4 Å². The maximum atomic E-state index is 10.8. The van der Waals surface area contributed by atoms with Gasteiger partial charge in [0.15, 0.2) is 6.29 Å². The molecule has 0 bridgehead atoms. The number of carbonyl (C=O) groups excluding carboxylic acids is 1. The van der Waals surface area contributed by atoms with Crippen molar-refractivity contribution in [3.05, 3.63) is 17.0 Å². The van der Waals surface area contributed by atoms with E-state index in [0.29, 0.717) is 12.1 Å². The van der Waals surface area contributed by atoms with Gasteiger partial charge in [-0.05, 0) is 6.42 Å². The van der Waals surface area contributed by atoms with Gasteiger partial charge in [-0.15, -0.1) is 6.42 Å². The van der Waals surface area contributed by atoms with Gasteiger partial charge < -0.3 is 5.32 Å². The lowest BCUT2D eigenvalue weighted by Crippen LogP contribution is -2.18. The lowest BCUT2D eigenvalue weighted by atomic mass is 10.2. The van der Waals surface area contributed by atoms with Gasteiger partial charge in [-0.1, -0.05) is 24.4 Å². The predicted octanol–water partition coefficient (Wildman–Crippen LogP) is 1.77. The normalized spacial score (nSPS) is 11.5. The second-order valence-electron chi connectivity index (χ2n) is 2.82. The average molecular weight is 224 g/mol. The molecule has 0 fully saturated rings. The fraction of sp³-hybridized carbons (Fsp3) is 0.300. The van der Waals surface area contributed by atoms with Crippen LogP contribution < -0.4 is 5.32 Å². The van der Waals surface area contributed by atoms with Crippen LogP contribution in [0.3, 0.4) is 0 Å². The Kier molecular flexibility index (Phi) is 4.07. The summed E-state index contributed by atoms with van der Waals surface area (Å²) in [6.07, 6.45) is 7.90. The number of aromatic nitrogens is 2. The number of aldehydes is 1. The molecule has 78 valence electrons. The Morgan fingerprint density at radius 1 is 1.73 bits per heavy atom. The van der Waals surface area contributed by atoms with Crippen molar-refractivity contribution in [3.63, 3.8) is 0 Å². The monoisotopic (exact) mass is 223 g/mol. The number of hydrogen-bond donors (Lipinski definition) is 1. The second-order valence-corrected chi connectivity index (χ2v) is 3.17. The molecule has 4 nitrogen and oxygen atoms in total. The standard InChI is InChI=1S/C10H10ClN3O/c1-3-7(4-2)14-10-8(5-15)9(11)12-6-13-10/h1,5-7H,4H2,2H3,(H,12,13,14). The van der Waals surface area contributed by atoms with E-state index < -0.39 is 0 Å². The van der Waals surface area contributed by atoms with Crippen molar-refractivity contribution in [1.82, 2.24) is 9.97 Å². The number of halogens is 1. The quantitative estimate of drug-likeness (QED) is 0.480. The topological polar surface area (TPSA) is 54.9 Å². The Hall–Kier alpha value is -1.60. The molecule has 0 aliphatic heterocycles. The maximum absolute atomic E-state index is 10.8. The summed E-state index contributed by atoms with van der Waals surface area (Å²) in [5.41, 5.74) is 0.230. The Balaban J connectivity index is 2.99. The Bertz CT molecular complexity index is 400. The summed E-state index contributed by atoms with van der Waals surface area (Å²) in [6, 6.07) is -0.172. The zero-order valence-electron chi connectivity index (χ0n) is 8.20. The molecule has 0 aliphatic carbocycles. The first-order chi connectivity index (χ1) is 7.22. The highest BCUT2D eigenvalue weighted by molar-refractivity contribution is 6.32. The summed E-state index contributed by atoms with van der Waals surface area (Å²) in [6.45, 7) is 1.93. The van der Waals surface area contributed by atoms with Gasteiger partial charge in [-0.2, -0.15) is 0 Å². The van der Waals surface area contributed by atoms with Crippen LogP contribution in [0.1, 0.15) is 23.7 Å². The first kappa shape index (κ1) is 11.5. The molecular formula is C10H10ClN3O. The fourth-order valence-corrected chi connectivity index (χ4v) is 1.20. The van der Waals surface area contributed by atoms with E-state index in [1.807, 2.05) is 6.92 Å². The van der Waals surface area contributed by atoms with Crippen molar-refractivity contribution < 1.29 is 4.79 Å². The average Bonchev–Trinajstić information content (AvgIpc) is 2.26. The van der Waals surface area contributed by atoms with E-state index in [1.54, 1.807) is 0 Å². The lowest BCUT2D eigenvalue weighted by molar-refractivity contribution is 0.112. The zero-order valence-corrected chi connectivity index (χ0v) is 8.95. The molecule has 0 aliphatic rings. The third-order valence-corrected chi connectivity index (χ3v) is 2.17. The van der Waals surface area contributed by atoms with Crippen LogP contribution in [0.2, 0.25) is 5.15 Å². The van der Waals surface area contributed by atoms with Crippen molar-refractivity contribution in [1.29, 1.82) is 0 Å². The number of nitrogens with one attached hydrogen (secondary N) is 1. The molecule has 5 heteroatoms. The molecule has 1 unspecified atom stereocenters. The SMILES string of the molecule is C#CC(CC)Nc1ncnc(Cl)c1C=O. The van der Waals surface area contributed by atoms with E-state index in [9.17, 15) is 4.79 Å². The van der Waals surface area contributed by atoms with E-state index in [-0.39, 0.29) is 16.8 Å². The maximum Gasteiger partial charge on any atom is 0.156 e. The van der Waals surface area contributed by atoms with Gasteiger partial charge in [0.25, 0.3) is 0 Å². The molecule has 0 saturated carbocycles. The van der Waals surface area contributed by atoms with Crippen molar-refractivity contribution in [2.75, 3.05) is 5.32 Å². The summed E-state index contributed by atoms with van der Waals surface area (Å²) in [7, 11) is 0. The van der Waals surface area contributed by atoms with Crippen LogP contribution in [0.4, 0.5) is 5.82 Å². The van der Waals surface area contributed by atoms with Crippen LogP contribution in [0.25, 0.3) is 0 Å². The van der Waals surface area contributed by atoms with E-state index in [4.69, 9.17) is 18.0 Å². The Labute approximate surface area is 93.1 Å². The predicted molar refractivity (Wildman–Crippen MR) is 59.0 cm³/mol. The summed E-state index contributed by atoms with van der Waals surface area (Å²) < 4.78 is 0. The minimum Gasteiger partial charge on any atom is -0.356 e. The summed E-state index contributed by atoms with van der Waals surface area (Å²) in [4.78, 5) is 18.4. The van der Waals surface area contributed by atoms with E-state index in [1.165, 1.54) is 6.33 Å². The molecule has 0 amide bonds. The lowest BCUT2D eigenvalue weighted by Gasteiger charge is -2.12. The third-order valence-electron chi connectivity index (χ3n) is 1.87. The second kappa shape index (κ2) is 5.32. The van der Waals surface area contributed by atoms with E-state index in [0.717, 1.165) is 6.42 Å². The number of terminal acetylenes is 1. The largest absolute Gasteiger partial charge is 0.356 e. The Morgan fingerprint density at radius 2 is 2.47 bits per heavy atom. The van der Waals surface area contributed by atoms with Gasteiger partial charge in [-0.25, -0.2) is 9.97 Å². The molecule has 0 radical (unpaired) electrons. The van der Waals surface area contributed by atoms with Gasteiger partial charge >= 0.3 is 0 Å². The number of nitrogens with zero attached hydrogens (tertiary/aromatic N) is 2. The molecule has 0 saturated heterocycles. The number of hydrogen-bond acceptors (Lipinski definition) is 4. The first-order valence-corrected chi connectivity index (χ1v) is 4.79. The third kappa shape index (κ3) is 2.67. The molecule has 1 atom stereocenters. The van der Waals surface area contributed by atoms with Crippen LogP contribution in [-0.4, -0.2) is 22.3 Å². The van der Waals surface area contributed by atoms with Crippen LogP contribution in [0, 0.1) is 12.3 Å². The Morgan fingerprint density at radius 3 is 3.00 bits per heavy atom. The molecule has 15 heavy (non-hydrogen) atoms. The van der Waals surface area contributed by atoms with Crippen LogP contribution in [0.5, 0.6) is 0 Å². The molecular weight excluding hydrogens is 214 g/mol. The number of carbonyl (C=O) groups is 1. The highest BCUT2D eigenvalue weighted by atomic mass is 35.5. The minimum atomic E-state index is -0.172. The van der Waals surface area contributed by atoms with Crippen molar-refractivity contribution in [2.24, 2.45) is 0 Å². The van der Waals surface area contributed by atoms with Crippen molar-refractivity contribution >= 4 is 23.7 Å². The van der Waals surface area contributed by atoms with Crippen LogP contribution in [-0.2, 0) is 0 Å². The smallest absolute Gasteiger partial charge is 0.156 e. The molecule has 1 N–H and O–H groups in total. The number of rotatable bonds is 4. The number of anilines is 1. The highest BCUT2D eigenvalue weighted by Gasteiger charge is 2.11. The molecule has 1 aromatic heterocycles. The van der Waals surface area contributed by atoms with Gasteiger partial charge in [0.2, 0.25) is 0 Å². The van der Waals surface area contributed by atoms with Gasteiger partial charge in [0, 0.05) is 0 Å². The zero-order chi connectivity index (χ0) is 11.3. The molecule has 1 heterocycles. The molecule has 0 spiro atoms. The van der Waals surface area contributed by atoms with Crippen LogP contribution >= 0.6 is 11.6 Å². The van der Waals surface area contributed by atoms with E-state index in [2.05, 4.69) is 21.2 Å². The summed E-state index contributed by atoms with van der Waals surface area (Å²) in [5, 5.41) is 3.06. The molecule has 1 rings (SSSR count). The van der Waals surface area contributed by atoms with Gasteiger partial charge in [-0.3, -0.25) is 4.79 Å². The van der Waals surface area contributed by atoms with Crippen molar-refractivity contribution in [3.8, 4) is 12.3 Å². The highest BCUT2D eigenvalue weighted by Crippen LogP contribution is 2.18. The van der Waals surface area contributed by atoms with E-state index >= 15 is 0 Å². The summed E-state index contributed by atoms with van der Waals surface area (Å²) >= 11 is 5.73. The van der Waals surface area contributed by atoms with Gasteiger partial charge in [0.1, 0.15) is 17.3 Å².